The second-order valence-electron chi connectivity index (χ2n) is 9.71. The first-order valence-electron chi connectivity index (χ1n) is 12.6. The zero-order chi connectivity index (χ0) is 29.8. The molecule has 1 unspecified atom stereocenters. The van der Waals surface area contributed by atoms with Gasteiger partial charge < -0.3 is 35.1 Å². The molecule has 1 aliphatic rings. The number of phenols is 1. The third-order valence-corrected chi connectivity index (χ3v) is 6.04. The maximum Gasteiger partial charge on any atom is 0.344 e. The number of carbonyl (C=O) groups is 1. The molecule has 41 heavy (non-hydrogen) atoms. The predicted molar refractivity (Wildman–Crippen MR) is 145 cm³/mol. The van der Waals surface area contributed by atoms with Gasteiger partial charge in [-0.1, -0.05) is 26.0 Å². The molecule has 216 valence electrons. The third kappa shape index (κ3) is 6.62. The molecule has 0 radical (unpaired) electrons. The van der Waals surface area contributed by atoms with Gasteiger partial charge in [0, 0.05) is 24.7 Å². The minimum atomic E-state index is -1.60. The molecule has 5 N–H and O–H groups in total. The third-order valence-electron chi connectivity index (χ3n) is 6.04. The summed E-state index contributed by atoms with van der Waals surface area (Å²) in [4.78, 5) is 22.0. The number of hydrogen-bond acceptors (Lipinski definition) is 9. The first-order valence-corrected chi connectivity index (χ1v) is 12.6. The van der Waals surface area contributed by atoms with E-state index < -0.39 is 47.0 Å². The molecule has 1 aromatic heterocycles. The van der Waals surface area contributed by atoms with E-state index in [4.69, 9.17) is 25.4 Å². The van der Waals surface area contributed by atoms with Crippen molar-refractivity contribution in [3.63, 3.8) is 0 Å². The first-order chi connectivity index (χ1) is 19.4. The molecule has 0 amide bonds. The van der Waals surface area contributed by atoms with Gasteiger partial charge in [0.1, 0.15) is 17.4 Å². The summed E-state index contributed by atoms with van der Waals surface area (Å²) in [5, 5.41) is 27.5. The number of hydrogen-bond donors (Lipinski definition) is 4. The Balaban J connectivity index is 1.79. The lowest BCUT2D eigenvalue weighted by atomic mass is 10.1. The summed E-state index contributed by atoms with van der Waals surface area (Å²) >= 11 is 0. The molecule has 0 spiro atoms. The number of likely N-dealkylation sites (N-methyl/N-ethyl adjacent to an activating group) is 1. The summed E-state index contributed by atoms with van der Waals surface area (Å²) in [7, 11) is 1.88. The molecule has 0 saturated heterocycles. The quantitative estimate of drug-likeness (QED) is 0.192. The van der Waals surface area contributed by atoms with E-state index in [0.29, 0.717) is 17.9 Å². The van der Waals surface area contributed by atoms with Crippen molar-refractivity contribution in [1.82, 2.24) is 9.88 Å². The standard InChI is InChI=1S/C28H29F2N5O6/c1-14(2)11-20(28(37)38)40-23-21(29)26(39-17-6-4-5-16(12-17)25-33-9-10-35(25)3)34-27(22(23)30)41-19-13-15(24(31)32)7-8-18(19)36/h4-8,12-14,20,36H,9-11H2,1-3H3,(H3,31,32)(H,37,38). The van der Waals surface area contributed by atoms with E-state index in [1.165, 1.54) is 18.2 Å². The number of carboxylic acids is 1. The fourth-order valence-electron chi connectivity index (χ4n) is 4.01. The number of aromatic nitrogens is 1. The SMILES string of the molecule is CC(C)CC(Oc1c(F)c(Oc2cccc(C3=NCCN3C)c2)nc(Oc2cc(C(=N)N)ccc2O)c1F)C(=O)O. The molecule has 2 heterocycles. The number of phenolic OH excluding ortho intramolecular Hbond substituents is 1. The Hall–Kier alpha value is -4.94. The molecule has 13 heteroatoms. The number of ether oxygens (including phenoxy) is 3. The van der Waals surface area contributed by atoms with Crippen molar-refractivity contribution in [3.8, 4) is 34.8 Å². The lowest BCUT2D eigenvalue weighted by Crippen LogP contribution is -2.29. The van der Waals surface area contributed by atoms with Gasteiger partial charge >= 0.3 is 5.97 Å². The summed E-state index contributed by atoms with van der Waals surface area (Å²) in [6.45, 7) is 4.80. The molecular weight excluding hydrogens is 540 g/mol. The van der Waals surface area contributed by atoms with Gasteiger partial charge in [-0.3, -0.25) is 10.4 Å². The highest BCUT2D eigenvalue weighted by Gasteiger charge is 2.31. The maximum absolute atomic E-state index is 15.7. The normalized spacial score (nSPS) is 13.6. The average Bonchev–Trinajstić information content (AvgIpc) is 3.35. The van der Waals surface area contributed by atoms with Crippen LogP contribution in [-0.4, -0.2) is 64.0 Å². The number of carboxylic acid groups (broad SMARTS) is 1. The minimum absolute atomic E-state index is 0.0535. The van der Waals surface area contributed by atoms with Crippen molar-refractivity contribution in [3.05, 3.63) is 65.2 Å². The van der Waals surface area contributed by atoms with Gasteiger partial charge in [-0.15, -0.1) is 0 Å². The Labute approximate surface area is 234 Å². The molecule has 2 aromatic carbocycles. The summed E-state index contributed by atoms with van der Waals surface area (Å²) in [6.07, 6.45) is -1.65. The summed E-state index contributed by atoms with van der Waals surface area (Å²) in [5.41, 5.74) is 6.33. The van der Waals surface area contributed by atoms with E-state index in [-0.39, 0.29) is 35.2 Å². The Morgan fingerprint density at radius 2 is 1.85 bits per heavy atom. The van der Waals surface area contributed by atoms with Gasteiger partial charge in [-0.25, -0.2) is 4.79 Å². The molecule has 0 saturated carbocycles. The van der Waals surface area contributed by atoms with Crippen LogP contribution in [0.15, 0.2) is 47.5 Å². The summed E-state index contributed by atoms with van der Waals surface area (Å²) < 4.78 is 47.8. The number of pyridine rings is 1. The molecule has 1 aliphatic heterocycles. The summed E-state index contributed by atoms with van der Waals surface area (Å²) in [5.74, 6) is -7.54. The maximum atomic E-state index is 15.7. The summed E-state index contributed by atoms with van der Waals surface area (Å²) in [6, 6.07) is 10.2. The van der Waals surface area contributed by atoms with Crippen LogP contribution >= 0.6 is 0 Å². The van der Waals surface area contributed by atoms with Crippen molar-refractivity contribution >= 4 is 17.6 Å². The van der Waals surface area contributed by atoms with Crippen LogP contribution < -0.4 is 19.9 Å². The van der Waals surface area contributed by atoms with Crippen LogP contribution in [-0.2, 0) is 4.79 Å². The van der Waals surface area contributed by atoms with Gasteiger partial charge in [-0.2, -0.15) is 13.8 Å². The Morgan fingerprint density at radius 3 is 2.46 bits per heavy atom. The van der Waals surface area contributed by atoms with Crippen molar-refractivity contribution < 1.29 is 38.0 Å². The second kappa shape index (κ2) is 12.1. The minimum Gasteiger partial charge on any atom is -0.504 e. The molecule has 0 fully saturated rings. The second-order valence-corrected chi connectivity index (χ2v) is 9.71. The molecule has 1 atom stereocenters. The zero-order valence-electron chi connectivity index (χ0n) is 22.5. The predicted octanol–water partition coefficient (Wildman–Crippen LogP) is 4.50. The van der Waals surface area contributed by atoms with Crippen molar-refractivity contribution in [2.45, 2.75) is 26.4 Å². The molecule has 3 aromatic rings. The lowest BCUT2D eigenvalue weighted by molar-refractivity contribution is -0.146. The first kappa shape index (κ1) is 29.1. The number of halogens is 2. The number of rotatable bonds is 11. The zero-order valence-corrected chi connectivity index (χ0v) is 22.5. The van der Waals surface area contributed by atoms with Crippen molar-refractivity contribution in [2.75, 3.05) is 20.1 Å². The largest absolute Gasteiger partial charge is 0.504 e. The number of nitrogens with two attached hydrogens (primary N) is 1. The van der Waals surface area contributed by atoms with Crippen LogP contribution in [0.5, 0.6) is 34.8 Å². The van der Waals surface area contributed by atoms with Crippen LogP contribution in [0.1, 0.15) is 31.4 Å². The van der Waals surface area contributed by atoms with Crippen LogP contribution in [0, 0.1) is 23.0 Å². The molecule has 0 aliphatic carbocycles. The van der Waals surface area contributed by atoms with Crippen LogP contribution in [0.3, 0.4) is 0 Å². The Bertz CT molecular complexity index is 1510. The van der Waals surface area contributed by atoms with Gasteiger partial charge in [0.2, 0.25) is 17.4 Å². The van der Waals surface area contributed by atoms with Gasteiger partial charge in [0.15, 0.2) is 17.6 Å². The van der Waals surface area contributed by atoms with E-state index in [1.54, 1.807) is 32.0 Å². The van der Waals surface area contributed by atoms with Crippen LogP contribution in [0.25, 0.3) is 0 Å². The van der Waals surface area contributed by atoms with E-state index >= 15 is 8.78 Å². The number of aliphatic carboxylic acids is 1. The van der Waals surface area contributed by atoms with Gasteiger partial charge in [0.25, 0.3) is 11.8 Å². The van der Waals surface area contributed by atoms with Crippen molar-refractivity contribution in [2.24, 2.45) is 16.6 Å². The number of benzene rings is 2. The fraction of sp³-hybridized carbons (Fsp3) is 0.286. The number of nitrogen functional groups attached to an aromatic ring is 1. The molecule has 0 bridgehead atoms. The number of aliphatic imine (C=N–C) groups is 1. The van der Waals surface area contributed by atoms with Crippen molar-refractivity contribution in [1.29, 1.82) is 5.41 Å². The number of aromatic hydroxyl groups is 1. The highest BCUT2D eigenvalue weighted by molar-refractivity contribution is 6.00. The Kier molecular flexibility index (Phi) is 8.55. The van der Waals surface area contributed by atoms with E-state index in [2.05, 4.69) is 9.98 Å². The smallest absolute Gasteiger partial charge is 0.344 e. The average molecular weight is 570 g/mol. The number of amidine groups is 2. The highest BCUT2D eigenvalue weighted by Crippen LogP contribution is 2.40. The topological polar surface area (TPSA) is 164 Å². The van der Waals surface area contributed by atoms with Crippen LogP contribution in [0.4, 0.5) is 8.78 Å². The van der Waals surface area contributed by atoms with E-state index in [0.717, 1.165) is 12.6 Å². The van der Waals surface area contributed by atoms with E-state index in [9.17, 15) is 15.0 Å². The van der Waals surface area contributed by atoms with Crippen LogP contribution in [0.2, 0.25) is 0 Å². The molecule has 11 nitrogen and oxygen atoms in total. The Morgan fingerprint density at radius 1 is 1.15 bits per heavy atom. The van der Waals surface area contributed by atoms with Gasteiger partial charge in [-0.05, 0) is 42.7 Å². The fourth-order valence-corrected chi connectivity index (χ4v) is 4.01. The molecule has 4 rings (SSSR count). The highest BCUT2D eigenvalue weighted by atomic mass is 19.1. The van der Waals surface area contributed by atoms with Gasteiger partial charge in [0.05, 0.1) is 6.54 Å². The molecular formula is C28H29F2N5O6. The monoisotopic (exact) mass is 569 g/mol. The lowest BCUT2D eigenvalue weighted by Gasteiger charge is -2.20. The number of nitrogens with one attached hydrogen (secondary N) is 1. The number of nitrogens with zero attached hydrogens (tertiary/aromatic N) is 3. The van der Waals surface area contributed by atoms with E-state index in [1.807, 2.05) is 11.9 Å².